The monoisotopic (exact) mass is 157 g/mol. The van der Waals surface area contributed by atoms with Crippen molar-refractivity contribution in [3.8, 4) is 0 Å². The van der Waals surface area contributed by atoms with E-state index in [0.29, 0.717) is 11.5 Å². The zero-order valence-corrected chi connectivity index (χ0v) is 7.76. The molecule has 11 heavy (non-hydrogen) atoms. The summed E-state index contributed by atoms with van der Waals surface area (Å²) in [6, 6.07) is 0.272. The third-order valence-corrected chi connectivity index (χ3v) is 2.12. The zero-order valence-electron chi connectivity index (χ0n) is 7.76. The van der Waals surface area contributed by atoms with Crippen LogP contribution < -0.4 is 5.73 Å². The van der Waals surface area contributed by atoms with E-state index in [1.165, 1.54) is 0 Å². The van der Waals surface area contributed by atoms with E-state index in [0.717, 1.165) is 19.4 Å². The number of rotatable bonds is 2. The van der Waals surface area contributed by atoms with Gasteiger partial charge in [-0.15, -0.1) is 0 Å². The van der Waals surface area contributed by atoms with Crippen LogP contribution in [0.25, 0.3) is 0 Å². The van der Waals surface area contributed by atoms with Crippen LogP contribution in [0.15, 0.2) is 0 Å². The Morgan fingerprint density at radius 2 is 2.27 bits per heavy atom. The molecule has 0 aliphatic carbocycles. The lowest BCUT2D eigenvalue weighted by molar-refractivity contribution is 0.0902. The maximum Gasteiger partial charge on any atom is 0.0596 e. The van der Waals surface area contributed by atoms with Gasteiger partial charge in [0.1, 0.15) is 0 Å². The minimum absolute atomic E-state index is 0.272. The molecule has 1 heterocycles. The second kappa shape index (κ2) is 3.11. The first-order chi connectivity index (χ1) is 4.99. The number of hydrogen-bond donors (Lipinski definition) is 1. The van der Waals surface area contributed by atoms with E-state index in [9.17, 15) is 0 Å². The van der Waals surface area contributed by atoms with Crippen LogP contribution in [0.2, 0.25) is 0 Å². The van der Waals surface area contributed by atoms with Crippen LogP contribution in [0.1, 0.15) is 33.6 Å². The van der Waals surface area contributed by atoms with Gasteiger partial charge in [0, 0.05) is 6.04 Å². The third-order valence-electron chi connectivity index (χ3n) is 2.12. The summed E-state index contributed by atoms with van der Waals surface area (Å²) in [7, 11) is 0. The molecule has 2 heteroatoms. The first kappa shape index (κ1) is 9.01. The molecule has 0 spiro atoms. The largest absolute Gasteiger partial charge is 0.378 e. The molecule has 0 saturated carbocycles. The van der Waals surface area contributed by atoms with Crippen molar-refractivity contribution < 1.29 is 4.74 Å². The predicted molar refractivity (Wildman–Crippen MR) is 46.4 cm³/mol. The molecule has 0 amide bonds. The standard InChI is InChI=1S/C9H19NO/c1-7(10)4-8-5-9(2,3)6-11-8/h7-8H,4-6,10H2,1-3H3/t7-,8?/m1/s1. The van der Waals surface area contributed by atoms with Gasteiger partial charge in [-0.05, 0) is 25.2 Å². The summed E-state index contributed by atoms with van der Waals surface area (Å²) in [6.07, 6.45) is 2.57. The first-order valence-electron chi connectivity index (χ1n) is 4.37. The second-order valence-corrected chi connectivity index (χ2v) is 4.51. The van der Waals surface area contributed by atoms with Gasteiger partial charge < -0.3 is 10.5 Å². The molecule has 2 nitrogen and oxygen atoms in total. The van der Waals surface area contributed by atoms with Gasteiger partial charge in [-0.25, -0.2) is 0 Å². The molecule has 1 saturated heterocycles. The maximum absolute atomic E-state index is 5.68. The Balaban J connectivity index is 2.31. The fraction of sp³-hybridized carbons (Fsp3) is 1.00. The van der Waals surface area contributed by atoms with Gasteiger partial charge in [-0.3, -0.25) is 0 Å². The molecule has 0 aromatic heterocycles. The minimum Gasteiger partial charge on any atom is -0.378 e. The fourth-order valence-electron chi connectivity index (χ4n) is 1.64. The van der Waals surface area contributed by atoms with Crippen LogP contribution in [0.5, 0.6) is 0 Å². The van der Waals surface area contributed by atoms with Gasteiger partial charge in [0.15, 0.2) is 0 Å². The number of ether oxygens (including phenoxy) is 1. The Kier molecular flexibility index (Phi) is 2.55. The van der Waals surface area contributed by atoms with Crippen molar-refractivity contribution in [2.75, 3.05) is 6.61 Å². The van der Waals surface area contributed by atoms with Crippen LogP contribution >= 0.6 is 0 Å². The van der Waals surface area contributed by atoms with Gasteiger partial charge in [0.25, 0.3) is 0 Å². The van der Waals surface area contributed by atoms with Crippen LogP contribution in [-0.4, -0.2) is 18.8 Å². The summed E-state index contributed by atoms with van der Waals surface area (Å²) in [4.78, 5) is 0. The maximum atomic E-state index is 5.68. The van der Waals surface area contributed by atoms with E-state index in [1.807, 2.05) is 6.92 Å². The Morgan fingerprint density at radius 1 is 1.64 bits per heavy atom. The summed E-state index contributed by atoms with van der Waals surface area (Å²) in [5, 5.41) is 0. The molecule has 2 N–H and O–H groups in total. The Hall–Kier alpha value is -0.0800. The lowest BCUT2D eigenvalue weighted by Gasteiger charge is -2.14. The topological polar surface area (TPSA) is 35.2 Å². The molecule has 66 valence electrons. The average Bonchev–Trinajstić information content (AvgIpc) is 2.08. The molecule has 1 fully saturated rings. The van der Waals surface area contributed by atoms with Crippen LogP contribution in [-0.2, 0) is 4.74 Å². The van der Waals surface area contributed by atoms with E-state index in [4.69, 9.17) is 10.5 Å². The summed E-state index contributed by atoms with van der Waals surface area (Å²) in [6.45, 7) is 7.42. The van der Waals surface area contributed by atoms with Crippen LogP contribution in [0.3, 0.4) is 0 Å². The van der Waals surface area contributed by atoms with Crippen molar-refractivity contribution in [3.63, 3.8) is 0 Å². The first-order valence-corrected chi connectivity index (χ1v) is 4.37. The quantitative estimate of drug-likeness (QED) is 0.660. The highest BCUT2D eigenvalue weighted by Gasteiger charge is 2.31. The predicted octanol–water partition coefficient (Wildman–Crippen LogP) is 1.54. The number of nitrogens with two attached hydrogens (primary N) is 1. The Bertz CT molecular complexity index is 132. The lowest BCUT2D eigenvalue weighted by atomic mass is 9.89. The Morgan fingerprint density at radius 3 is 2.64 bits per heavy atom. The van der Waals surface area contributed by atoms with Crippen LogP contribution in [0.4, 0.5) is 0 Å². The fourth-order valence-corrected chi connectivity index (χ4v) is 1.64. The summed E-state index contributed by atoms with van der Waals surface area (Å²) < 4.78 is 5.60. The Labute approximate surface area is 69.1 Å². The highest BCUT2D eigenvalue weighted by molar-refractivity contribution is 4.81. The van der Waals surface area contributed by atoms with E-state index < -0.39 is 0 Å². The van der Waals surface area contributed by atoms with E-state index in [2.05, 4.69) is 13.8 Å². The molecule has 1 rings (SSSR count). The minimum atomic E-state index is 0.272. The van der Waals surface area contributed by atoms with Gasteiger partial charge in [0.05, 0.1) is 12.7 Å². The van der Waals surface area contributed by atoms with Crippen molar-refractivity contribution in [1.29, 1.82) is 0 Å². The third kappa shape index (κ3) is 2.80. The van der Waals surface area contributed by atoms with Gasteiger partial charge in [-0.2, -0.15) is 0 Å². The van der Waals surface area contributed by atoms with Crippen molar-refractivity contribution in [3.05, 3.63) is 0 Å². The van der Waals surface area contributed by atoms with Crippen molar-refractivity contribution >= 4 is 0 Å². The normalized spacial score (nSPS) is 32.2. The molecule has 0 radical (unpaired) electrons. The van der Waals surface area contributed by atoms with Crippen molar-refractivity contribution in [1.82, 2.24) is 0 Å². The van der Waals surface area contributed by atoms with Gasteiger partial charge in [-0.1, -0.05) is 13.8 Å². The smallest absolute Gasteiger partial charge is 0.0596 e. The number of hydrogen-bond acceptors (Lipinski definition) is 2. The average molecular weight is 157 g/mol. The SMILES string of the molecule is C[C@@H](N)CC1CC(C)(C)CO1. The molecular weight excluding hydrogens is 138 g/mol. The van der Waals surface area contributed by atoms with E-state index in [-0.39, 0.29) is 6.04 Å². The molecule has 1 unspecified atom stereocenters. The summed E-state index contributed by atoms with van der Waals surface area (Å²) >= 11 is 0. The highest BCUT2D eigenvalue weighted by atomic mass is 16.5. The lowest BCUT2D eigenvalue weighted by Crippen LogP contribution is -2.22. The van der Waals surface area contributed by atoms with Crippen molar-refractivity contribution in [2.45, 2.75) is 45.8 Å². The molecule has 1 aliphatic rings. The second-order valence-electron chi connectivity index (χ2n) is 4.51. The molecular formula is C9H19NO. The molecule has 0 bridgehead atoms. The van der Waals surface area contributed by atoms with E-state index >= 15 is 0 Å². The molecule has 2 atom stereocenters. The molecule has 0 aromatic carbocycles. The van der Waals surface area contributed by atoms with Crippen LogP contribution in [0, 0.1) is 5.41 Å². The van der Waals surface area contributed by atoms with Gasteiger partial charge >= 0.3 is 0 Å². The van der Waals surface area contributed by atoms with E-state index in [1.54, 1.807) is 0 Å². The molecule has 1 aliphatic heterocycles. The van der Waals surface area contributed by atoms with Crippen molar-refractivity contribution in [2.24, 2.45) is 11.1 Å². The summed E-state index contributed by atoms with van der Waals surface area (Å²) in [5.41, 5.74) is 6.06. The zero-order chi connectivity index (χ0) is 8.48. The van der Waals surface area contributed by atoms with Gasteiger partial charge in [0.2, 0.25) is 0 Å². The molecule has 0 aromatic rings. The summed E-state index contributed by atoms with van der Waals surface area (Å²) in [5.74, 6) is 0. The highest BCUT2D eigenvalue weighted by Crippen LogP contribution is 2.32.